The number of benzene rings is 2. The number of anilines is 1. The number of hydrogen-bond acceptors (Lipinski definition) is 7. The lowest BCUT2D eigenvalue weighted by atomic mass is 10.0. The van der Waals surface area contributed by atoms with E-state index in [9.17, 15) is 14.9 Å². The van der Waals surface area contributed by atoms with Crippen LogP contribution in [0.5, 0.6) is 0 Å². The Kier molecular flexibility index (Phi) is 7.89. The summed E-state index contributed by atoms with van der Waals surface area (Å²) in [6.45, 7) is 6.73. The number of amides is 3. The Bertz CT molecular complexity index is 1420. The molecule has 1 saturated heterocycles. The van der Waals surface area contributed by atoms with E-state index in [1.807, 2.05) is 60.1 Å². The van der Waals surface area contributed by atoms with E-state index in [1.165, 1.54) is 0 Å². The molecule has 40 heavy (non-hydrogen) atoms. The number of nitrogens with zero attached hydrogens (tertiary/aromatic N) is 6. The molecule has 3 aromatic rings. The lowest BCUT2D eigenvalue weighted by molar-refractivity contribution is 0.0616. The molecule has 1 fully saturated rings. The van der Waals surface area contributed by atoms with Gasteiger partial charge in [-0.1, -0.05) is 42.0 Å². The molecule has 0 spiro atoms. The first-order valence-corrected chi connectivity index (χ1v) is 13.4. The number of rotatable bonds is 7. The molecule has 5 rings (SSSR count). The van der Waals surface area contributed by atoms with Crippen LogP contribution in [0, 0.1) is 18.3 Å². The fourth-order valence-corrected chi connectivity index (χ4v) is 5.57. The van der Waals surface area contributed by atoms with E-state index >= 15 is 0 Å². The van der Waals surface area contributed by atoms with Gasteiger partial charge < -0.3 is 26.0 Å². The quantitative estimate of drug-likeness (QED) is 0.466. The van der Waals surface area contributed by atoms with Crippen molar-refractivity contribution >= 4 is 17.8 Å². The zero-order chi connectivity index (χ0) is 28.2. The van der Waals surface area contributed by atoms with Gasteiger partial charge in [0.05, 0.1) is 30.0 Å². The zero-order valence-electron chi connectivity index (χ0n) is 22.6. The third kappa shape index (κ3) is 5.87. The van der Waals surface area contributed by atoms with Crippen molar-refractivity contribution < 1.29 is 14.3 Å². The number of urea groups is 1. The third-order valence-corrected chi connectivity index (χ3v) is 7.63. The standard InChI is InChI=1S/C29H34N8O3/c1-20-6-8-21(9-7-20)27-24-19-36(28(31)38)11-10-26(24)37(33-27)18-23(40-29(32)39)17-34-12-14-35(15-13-34)25-5-3-2-4-22(25)16-30/h2-9,23H,10-15,17-19H2,1H3,(H2,31,38)(H2,32,39). The average Bonchev–Trinajstić information content (AvgIpc) is 3.31. The van der Waals surface area contributed by atoms with Crippen molar-refractivity contribution in [1.82, 2.24) is 19.6 Å². The molecule has 208 valence electrons. The number of carbonyl (C=O) groups is 2. The van der Waals surface area contributed by atoms with Gasteiger partial charge in [0.25, 0.3) is 0 Å². The zero-order valence-corrected chi connectivity index (χ0v) is 22.6. The van der Waals surface area contributed by atoms with E-state index in [-0.39, 0.29) is 0 Å². The summed E-state index contributed by atoms with van der Waals surface area (Å²) in [5.41, 5.74) is 17.5. The molecule has 3 amide bonds. The molecule has 2 aliphatic heterocycles. The van der Waals surface area contributed by atoms with E-state index in [2.05, 4.69) is 15.9 Å². The first-order valence-electron chi connectivity index (χ1n) is 13.4. The fraction of sp³-hybridized carbons (Fsp3) is 0.379. The summed E-state index contributed by atoms with van der Waals surface area (Å²) in [6.07, 6.45) is -0.747. The molecule has 1 atom stereocenters. The second kappa shape index (κ2) is 11.7. The van der Waals surface area contributed by atoms with Crippen molar-refractivity contribution in [3.63, 3.8) is 0 Å². The summed E-state index contributed by atoms with van der Waals surface area (Å²) in [5, 5.41) is 14.4. The maximum atomic E-state index is 12.0. The number of ether oxygens (including phenoxy) is 1. The second-order valence-corrected chi connectivity index (χ2v) is 10.3. The van der Waals surface area contributed by atoms with Crippen molar-refractivity contribution in [3.05, 3.63) is 70.9 Å². The van der Waals surface area contributed by atoms with E-state index in [4.69, 9.17) is 21.3 Å². The molecular formula is C29H34N8O3. The number of para-hydroxylation sites is 1. The van der Waals surface area contributed by atoms with Crippen molar-refractivity contribution in [3.8, 4) is 17.3 Å². The Hall–Kier alpha value is -4.56. The molecule has 0 aliphatic carbocycles. The Balaban J connectivity index is 1.34. The summed E-state index contributed by atoms with van der Waals surface area (Å²) < 4.78 is 7.48. The van der Waals surface area contributed by atoms with Crippen LogP contribution in [0.2, 0.25) is 0 Å². The number of carbonyl (C=O) groups excluding carboxylic acids is 2. The maximum Gasteiger partial charge on any atom is 0.404 e. The summed E-state index contributed by atoms with van der Waals surface area (Å²) in [6, 6.07) is 17.5. The van der Waals surface area contributed by atoms with Crippen LogP contribution in [0.15, 0.2) is 48.5 Å². The van der Waals surface area contributed by atoms with E-state index in [0.717, 1.165) is 59.9 Å². The van der Waals surface area contributed by atoms with Gasteiger partial charge >= 0.3 is 12.1 Å². The predicted molar refractivity (Wildman–Crippen MR) is 150 cm³/mol. The van der Waals surface area contributed by atoms with E-state index in [0.29, 0.717) is 38.2 Å². The number of hydrogen-bond donors (Lipinski definition) is 2. The van der Waals surface area contributed by atoms with Crippen LogP contribution in [0.1, 0.15) is 22.4 Å². The van der Waals surface area contributed by atoms with Crippen molar-refractivity contribution in [2.45, 2.75) is 32.5 Å². The number of nitriles is 1. The van der Waals surface area contributed by atoms with Crippen LogP contribution in [0.3, 0.4) is 0 Å². The van der Waals surface area contributed by atoms with Crippen molar-refractivity contribution in [1.29, 1.82) is 5.26 Å². The first kappa shape index (κ1) is 27.0. The Morgan fingerprint density at radius 2 is 1.75 bits per heavy atom. The normalized spacial score (nSPS) is 16.2. The highest BCUT2D eigenvalue weighted by Gasteiger charge is 2.30. The number of nitrogens with two attached hydrogens (primary N) is 2. The van der Waals surface area contributed by atoms with Crippen LogP contribution in [0.25, 0.3) is 11.3 Å². The molecule has 2 aliphatic rings. The van der Waals surface area contributed by atoms with Gasteiger partial charge in [0.15, 0.2) is 0 Å². The highest BCUT2D eigenvalue weighted by Crippen LogP contribution is 2.31. The first-order chi connectivity index (χ1) is 19.3. The van der Waals surface area contributed by atoms with Crippen LogP contribution < -0.4 is 16.4 Å². The van der Waals surface area contributed by atoms with Crippen LogP contribution in [-0.2, 0) is 24.2 Å². The summed E-state index contributed by atoms with van der Waals surface area (Å²) in [7, 11) is 0. The molecule has 0 radical (unpaired) electrons. The van der Waals surface area contributed by atoms with Crippen LogP contribution >= 0.6 is 0 Å². The second-order valence-electron chi connectivity index (χ2n) is 10.3. The number of primary amides is 2. The number of aryl methyl sites for hydroxylation is 1. The van der Waals surface area contributed by atoms with Gasteiger partial charge in [-0.25, -0.2) is 9.59 Å². The molecule has 4 N–H and O–H groups in total. The highest BCUT2D eigenvalue weighted by molar-refractivity contribution is 5.73. The summed E-state index contributed by atoms with van der Waals surface area (Å²) >= 11 is 0. The molecule has 0 bridgehead atoms. The van der Waals surface area contributed by atoms with Gasteiger partial charge in [-0.05, 0) is 19.1 Å². The molecule has 0 saturated carbocycles. The van der Waals surface area contributed by atoms with Gasteiger partial charge in [0, 0.05) is 62.5 Å². The van der Waals surface area contributed by atoms with Crippen LogP contribution in [-0.4, -0.2) is 77.1 Å². The summed E-state index contributed by atoms with van der Waals surface area (Å²) in [5.74, 6) is 0. The smallest absolute Gasteiger partial charge is 0.404 e. The minimum atomic E-state index is -0.828. The lowest BCUT2D eigenvalue weighted by Crippen LogP contribution is -2.50. The molecule has 2 aromatic carbocycles. The topological polar surface area (TPSA) is 147 Å². The van der Waals surface area contributed by atoms with E-state index in [1.54, 1.807) is 4.90 Å². The number of aromatic nitrogens is 2. The Labute approximate surface area is 233 Å². The average molecular weight is 543 g/mol. The monoisotopic (exact) mass is 542 g/mol. The molecule has 11 nitrogen and oxygen atoms in total. The summed E-state index contributed by atoms with van der Waals surface area (Å²) in [4.78, 5) is 29.9. The molecule has 1 unspecified atom stereocenters. The third-order valence-electron chi connectivity index (χ3n) is 7.63. The van der Waals surface area contributed by atoms with Gasteiger partial charge in [-0.15, -0.1) is 0 Å². The molecule has 1 aromatic heterocycles. The molecule has 11 heteroatoms. The van der Waals surface area contributed by atoms with Gasteiger partial charge in [0.2, 0.25) is 0 Å². The van der Waals surface area contributed by atoms with Gasteiger partial charge in [-0.3, -0.25) is 9.58 Å². The predicted octanol–water partition coefficient (Wildman–Crippen LogP) is 2.45. The van der Waals surface area contributed by atoms with Crippen LogP contribution in [0.4, 0.5) is 15.3 Å². The molecule has 3 heterocycles. The van der Waals surface area contributed by atoms with Gasteiger partial charge in [-0.2, -0.15) is 10.4 Å². The van der Waals surface area contributed by atoms with Crippen molar-refractivity contribution in [2.75, 3.05) is 44.2 Å². The minimum Gasteiger partial charge on any atom is -0.443 e. The minimum absolute atomic E-state index is 0.338. The molecular weight excluding hydrogens is 508 g/mol. The number of piperazine rings is 1. The van der Waals surface area contributed by atoms with Gasteiger partial charge in [0.1, 0.15) is 12.2 Å². The Morgan fingerprint density at radius 1 is 1.02 bits per heavy atom. The SMILES string of the molecule is Cc1ccc(-c2nn(CC(CN3CCN(c4ccccc4C#N)CC3)OC(N)=O)c3c2CN(C(N)=O)CC3)cc1. The van der Waals surface area contributed by atoms with E-state index < -0.39 is 18.2 Å². The Morgan fingerprint density at radius 3 is 2.42 bits per heavy atom. The largest absolute Gasteiger partial charge is 0.443 e. The van der Waals surface area contributed by atoms with Crippen molar-refractivity contribution in [2.24, 2.45) is 11.5 Å². The fourth-order valence-electron chi connectivity index (χ4n) is 5.57. The number of fused-ring (bicyclic) bond motifs is 1. The maximum absolute atomic E-state index is 12.0. The lowest BCUT2D eigenvalue weighted by Gasteiger charge is -2.37. The highest BCUT2D eigenvalue weighted by atomic mass is 16.6.